The summed E-state index contributed by atoms with van der Waals surface area (Å²) < 4.78 is 18.4. The zero-order chi connectivity index (χ0) is 13.2. The lowest BCUT2D eigenvalue weighted by Crippen LogP contribution is -2.24. The largest absolute Gasteiger partial charge is 0.383 e. The number of benzene rings is 1. The van der Waals surface area contributed by atoms with E-state index in [-0.39, 0.29) is 5.82 Å². The number of hydrogen-bond acceptors (Lipinski definition) is 3. The summed E-state index contributed by atoms with van der Waals surface area (Å²) >= 11 is 0. The quantitative estimate of drug-likeness (QED) is 0.660. The molecule has 0 saturated heterocycles. The fraction of sp³-hybridized carbons (Fsp3) is 0.571. The van der Waals surface area contributed by atoms with Crippen LogP contribution in [0.5, 0.6) is 0 Å². The monoisotopic (exact) mass is 254 g/mol. The third-order valence-corrected chi connectivity index (χ3v) is 2.71. The van der Waals surface area contributed by atoms with E-state index in [4.69, 9.17) is 4.74 Å². The van der Waals surface area contributed by atoms with E-state index in [9.17, 15) is 4.39 Å². The Morgan fingerprint density at radius 3 is 2.67 bits per heavy atom. The van der Waals surface area contributed by atoms with Gasteiger partial charge in [-0.25, -0.2) is 4.39 Å². The number of halogens is 1. The third kappa shape index (κ3) is 6.10. The smallest absolute Gasteiger partial charge is 0.127 e. The Bertz CT molecular complexity index is 345. The van der Waals surface area contributed by atoms with Crippen molar-refractivity contribution in [2.45, 2.75) is 19.9 Å². The first-order valence-corrected chi connectivity index (χ1v) is 6.39. The molecule has 102 valence electrons. The molecular weight excluding hydrogens is 231 g/mol. The zero-order valence-corrected chi connectivity index (χ0v) is 11.3. The van der Waals surface area contributed by atoms with Crippen molar-refractivity contribution in [2.75, 3.05) is 33.4 Å². The molecule has 0 saturated carbocycles. The van der Waals surface area contributed by atoms with E-state index in [1.165, 1.54) is 0 Å². The summed E-state index contributed by atoms with van der Waals surface area (Å²) in [7, 11) is 1.69. The van der Waals surface area contributed by atoms with E-state index in [1.54, 1.807) is 13.2 Å². The van der Waals surface area contributed by atoms with Crippen LogP contribution < -0.4 is 10.6 Å². The maximum atomic E-state index is 13.5. The van der Waals surface area contributed by atoms with E-state index in [0.717, 1.165) is 43.8 Å². The Kier molecular flexibility index (Phi) is 7.57. The maximum absolute atomic E-state index is 13.5. The fourth-order valence-corrected chi connectivity index (χ4v) is 1.66. The molecule has 1 aromatic rings. The molecule has 0 spiro atoms. The minimum absolute atomic E-state index is 0.124. The van der Waals surface area contributed by atoms with Crippen molar-refractivity contribution in [3.05, 3.63) is 35.1 Å². The summed E-state index contributed by atoms with van der Waals surface area (Å²) in [4.78, 5) is 0. The molecule has 1 rings (SSSR count). The van der Waals surface area contributed by atoms with Crippen LogP contribution in [0.4, 0.5) is 4.39 Å². The van der Waals surface area contributed by atoms with Crippen molar-refractivity contribution in [3.63, 3.8) is 0 Å². The van der Waals surface area contributed by atoms with E-state index in [1.807, 2.05) is 19.1 Å². The number of methoxy groups -OCH3 is 1. The lowest BCUT2D eigenvalue weighted by molar-refractivity contribution is 0.199. The highest BCUT2D eigenvalue weighted by Crippen LogP contribution is 2.09. The lowest BCUT2D eigenvalue weighted by atomic mass is 10.1. The number of aryl methyl sites for hydroxylation is 1. The van der Waals surface area contributed by atoms with Crippen molar-refractivity contribution >= 4 is 0 Å². The first kappa shape index (κ1) is 15.1. The average Bonchev–Trinajstić information content (AvgIpc) is 2.35. The van der Waals surface area contributed by atoms with Crippen LogP contribution in [0.1, 0.15) is 17.5 Å². The number of hydrogen-bond donors (Lipinski definition) is 2. The molecule has 0 radical (unpaired) electrons. The highest BCUT2D eigenvalue weighted by atomic mass is 19.1. The lowest BCUT2D eigenvalue weighted by Gasteiger charge is -2.07. The highest BCUT2D eigenvalue weighted by molar-refractivity contribution is 5.23. The molecule has 0 heterocycles. The van der Waals surface area contributed by atoms with Crippen LogP contribution in [0.25, 0.3) is 0 Å². The van der Waals surface area contributed by atoms with Crippen molar-refractivity contribution in [1.82, 2.24) is 10.6 Å². The molecule has 18 heavy (non-hydrogen) atoms. The molecule has 0 aliphatic rings. The fourth-order valence-electron chi connectivity index (χ4n) is 1.66. The van der Waals surface area contributed by atoms with Crippen LogP contribution in [-0.2, 0) is 11.3 Å². The molecule has 0 aromatic heterocycles. The summed E-state index contributed by atoms with van der Waals surface area (Å²) in [5, 5.41) is 6.51. The second kappa shape index (κ2) is 9.03. The van der Waals surface area contributed by atoms with E-state index >= 15 is 0 Å². The van der Waals surface area contributed by atoms with Crippen LogP contribution in [0.3, 0.4) is 0 Å². The van der Waals surface area contributed by atoms with Gasteiger partial charge in [-0.1, -0.05) is 12.1 Å². The van der Waals surface area contributed by atoms with Crippen molar-refractivity contribution in [3.8, 4) is 0 Å². The molecule has 3 nitrogen and oxygen atoms in total. The molecule has 4 heteroatoms. The molecule has 0 atom stereocenters. The zero-order valence-electron chi connectivity index (χ0n) is 11.3. The topological polar surface area (TPSA) is 33.3 Å². The maximum Gasteiger partial charge on any atom is 0.127 e. The number of nitrogens with one attached hydrogen (secondary N) is 2. The second-order valence-corrected chi connectivity index (χ2v) is 4.37. The van der Waals surface area contributed by atoms with Gasteiger partial charge in [0.2, 0.25) is 0 Å². The van der Waals surface area contributed by atoms with Crippen LogP contribution in [-0.4, -0.2) is 33.4 Å². The predicted octanol–water partition coefficient (Wildman–Crippen LogP) is 1.85. The minimum Gasteiger partial charge on any atom is -0.383 e. The number of rotatable bonds is 9. The molecule has 1 aromatic carbocycles. The van der Waals surface area contributed by atoms with Crippen molar-refractivity contribution in [1.29, 1.82) is 0 Å². The predicted molar refractivity (Wildman–Crippen MR) is 72.2 cm³/mol. The minimum atomic E-state index is -0.124. The van der Waals surface area contributed by atoms with E-state index in [2.05, 4.69) is 10.6 Å². The normalized spacial score (nSPS) is 10.8. The first-order chi connectivity index (χ1) is 8.74. The molecule has 0 fully saturated rings. The van der Waals surface area contributed by atoms with Crippen LogP contribution in [0.15, 0.2) is 18.2 Å². The van der Waals surface area contributed by atoms with Gasteiger partial charge in [0.05, 0.1) is 6.61 Å². The van der Waals surface area contributed by atoms with Gasteiger partial charge in [-0.2, -0.15) is 0 Å². The number of ether oxygens (including phenoxy) is 1. The summed E-state index contributed by atoms with van der Waals surface area (Å²) in [5.74, 6) is -0.124. The average molecular weight is 254 g/mol. The molecule has 0 bridgehead atoms. The summed E-state index contributed by atoms with van der Waals surface area (Å²) in [6.45, 7) is 5.93. The Morgan fingerprint density at radius 2 is 1.94 bits per heavy atom. The molecule has 0 unspecified atom stereocenters. The van der Waals surface area contributed by atoms with Gasteiger partial charge in [0.1, 0.15) is 5.82 Å². The SMILES string of the molecule is COCCNCCCNCc1ccc(C)cc1F. The van der Waals surface area contributed by atoms with Crippen molar-refractivity contribution in [2.24, 2.45) is 0 Å². The van der Waals surface area contributed by atoms with Gasteiger partial charge in [-0.05, 0) is 38.1 Å². The first-order valence-electron chi connectivity index (χ1n) is 6.39. The summed E-state index contributed by atoms with van der Waals surface area (Å²) in [6.07, 6.45) is 1.02. The van der Waals surface area contributed by atoms with Gasteiger partial charge in [0.15, 0.2) is 0 Å². The van der Waals surface area contributed by atoms with Gasteiger partial charge >= 0.3 is 0 Å². The van der Waals surface area contributed by atoms with E-state index in [0.29, 0.717) is 6.54 Å². The molecule has 0 aliphatic carbocycles. The molecule has 0 amide bonds. The Morgan fingerprint density at radius 1 is 1.17 bits per heavy atom. The van der Waals surface area contributed by atoms with E-state index < -0.39 is 0 Å². The van der Waals surface area contributed by atoms with Gasteiger partial charge in [0, 0.05) is 25.8 Å². The van der Waals surface area contributed by atoms with Crippen LogP contribution >= 0.6 is 0 Å². The standard InChI is InChI=1S/C14H23FN2O/c1-12-4-5-13(14(15)10-12)11-17-7-3-6-16-8-9-18-2/h4-5,10,16-17H,3,6-9,11H2,1-2H3. The highest BCUT2D eigenvalue weighted by Gasteiger charge is 2.00. The van der Waals surface area contributed by atoms with Gasteiger partial charge in [0.25, 0.3) is 0 Å². The Labute approximate surface area is 109 Å². The van der Waals surface area contributed by atoms with Gasteiger partial charge < -0.3 is 15.4 Å². The Hall–Kier alpha value is -0.970. The molecule has 0 aliphatic heterocycles. The summed E-state index contributed by atoms with van der Waals surface area (Å²) in [5.41, 5.74) is 1.69. The second-order valence-electron chi connectivity index (χ2n) is 4.37. The van der Waals surface area contributed by atoms with Crippen LogP contribution in [0, 0.1) is 12.7 Å². The van der Waals surface area contributed by atoms with Crippen LogP contribution in [0.2, 0.25) is 0 Å². The molecular formula is C14H23FN2O. The molecule has 2 N–H and O–H groups in total. The van der Waals surface area contributed by atoms with Crippen molar-refractivity contribution < 1.29 is 9.13 Å². The Balaban J connectivity index is 2.07. The third-order valence-electron chi connectivity index (χ3n) is 2.71. The summed E-state index contributed by atoms with van der Waals surface area (Å²) in [6, 6.07) is 5.35. The van der Waals surface area contributed by atoms with Gasteiger partial charge in [-0.15, -0.1) is 0 Å². The van der Waals surface area contributed by atoms with Gasteiger partial charge in [-0.3, -0.25) is 0 Å².